The molecule has 86 valence electrons. The molecular weight excluding hydrogens is 212 g/mol. The Hall–Kier alpha value is -2.18. The molecule has 1 unspecified atom stereocenters. The van der Waals surface area contributed by atoms with Crippen molar-refractivity contribution in [2.45, 2.75) is 12.5 Å². The molecule has 0 saturated carbocycles. The summed E-state index contributed by atoms with van der Waals surface area (Å²) in [6.07, 6.45) is 7.83. The monoisotopic (exact) mass is 226 g/mol. The Kier molecular flexibility index (Phi) is 2.90. The van der Waals surface area contributed by atoms with Crippen LogP contribution in [0, 0.1) is 12.3 Å². The Balaban J connectivity index is 2.44. The van der Waals surface area contributed by atoms with Gasteiger partial charge >= 0.3 is 0 Å². The maximum atomic E-state index is 9.23. The van der Waals surface area contributed by atoms with E-state index in [1.165, 1.54) is 0 Å². The summed E-state index contributed by atoms with van der Waals surface area (Å²) in [5, 5.41) is 10.3. The average Bonchev–Trinajstić information content (AvgIpc) is 2.72. The molecule has 0 saturated heterocycles. The number of benzene rings is 1. The highest BCUT2D eigenvalue weighted by Crippen LogP contribution is 2.22. The third-order valence-electron chi connectivity index (χ3n) is 2.82. The number of H-pyrrole nitrogens is 1. The van der Waals surface area contributed by atoms with Crippen LogP contribution in [0.2, 0.25) is 0 Å². The second kappa shape index (κ2) is 4.36. The highest BCUT2D eigenvalue weighted by Gasteiger charge is 2.11. The van der Waals surface area contributed by atoms with Gasteiger partial charge in [-0.3, -0.25) is 0 Å². The first-order chi connectivity index (χ1) is 8.13. The van der Waals surface area contributed by atoms with Crippen LogP contribution in [0.5, 0.6) is 0 Å². The summed E-state index contributed by atoms with van der Waals surface area (Å²) < 4.78 is 0. The fraction of sp³-hybridized carbons (Fsp3) is 0.143. The third kappa shape index (κ3) is 2.03. The van der Waals surface area contributed by atoms with Gasteiger partial charge in [-0.2, -0.15) is 0 Å². The highest BCUT2D eigenvalue weighted by atomic mass is 16.3. The zero-order valence-electron chi connectivity index (χ0n) is 9.40. The molecule has 2 rings (SSSR count). The number of nitrogens with one attached hydrogen (secondary N) is 1. The molecule has 0 aliphatic rings. The molecule has 1 heterocycles. The fourth-order valence-electron chi connectivity index (χ4n) is 1.86. The molecule has 4 N–H and O–H groups in total. The minimum absolute atomic E-state index is 0.00699. The molecule has 17 heavy (non-hydrogen) atoms. The maximum Gasteiger partial charge on any atom is 0.102 e. The molecule has 0 fully saturated rings. The van der Waals surface area contributed by atoms with Crippen molar-refractivity contribution in [3.8, 4) is 12.3 Å². The zero-order chi connectivity index (χ0) is 12.4. The van der Waals surface area contributed by atoms with Gasteiger partial charge in [0.2, 0.25) is 0 Å². The van der Waals surface area contributed by atoms with Gasteiger partial charge in [-0.05, 0) is 18.1 Å². The van der Waals surface area contributed by atoms with Gasteiger partial charge in [0.1, 0.15) is 5.76 Å². The molecule has 0 spiro atoms. The largest absolute Gasteiger partial charge is 0.511 e. The lowest BCUT2D eigenvalue weighted by molar-refractivity contribution is 0.369. The summed E-state index contributed by atoms with van der Waals surface area (Å²) in [7, 11) is 0. The lowest BCUT2D eigenvalue weighted by Crippen LogP contribution is -2.24. The van der Waals surface area contributed by atoms with Crippen molar-refractivity contribution in [2.24, 2.45) is 5.73 Å². The Morgan fingerprint density at radius 3 is 3.00 bits per heavy atom. The summed E-state index contributed by atoms with van der Waals surface area (Å²) >= 11 is 0. The maximum absolute atomic E-state index is 9.23. The van der Waals surface area contributed by atoms with Crippen molar-refractivity contribution in [3.05, 3.63) is 47.9 Å². The molecule has 1 aromatic carbocycles. The van der Waals surface area contributed by atoms with Crippen LogP contribution in [0.15, 0.2) is 36.7 Å². The predicted molar refractivity (Wildman–Crippen MR) is 69.7 cm³/mol. The van der Waals surface area contributed by atoms with Crippen molar-refractivity contribution in [1.82, 2.24) is 4.98 Å². The normalized spacial score (nSPS) is 12.2. The number of aromatic nitrogens is 1. The number of fused-ring (bicyclic) bond motifs is 1. The van der Waals surface area contributed by atoms with E-state index in [4.69, 9.17) is 12.2 Å². The lowest BCUT2D eigenvalue weighted by atomic mass is 10.0. The van der Waals surface area contributed by atoms with Gasteiger partial charge in [0.15, 0.2) is 0 Å². The first-order valence-corrected chi connectivity index (χ1v) is 5.32. The van der Waals surface area contributed by atoms with Crippen molar-refractivity contribution in [1.29, 1.82) is 0 Å². The van der Waals surface area contributed by atoms with Gasteiger partial charge in [0, 0.05) is 17.1 Å². The minimum Gasteiger partial charge on any atom is -0.511 e. The summed E-state index contributed by atoms with van der Waals surface area (Å²) in [4.78, 5) is 3.14. The SMILES string of the molecule is C#Cc1cccc2c(CC(N)C(=C)O)c[nH]c12. The second-order valence-electron chi connectivity index (χ2n) is 3.99. The smallest absolute Gasteiger partial charge is 0.102 e. The van der Waals surface area contributed by atoms with Crippen LogP contribution in [-0.2, 0) is 6.42 Å². The molecular formula is C14H14N2O. The van der Waals surface area contributed by atoms with Crippen molar-refractivity contribution >= 4 is 10.9 Å². The van der Waals surface area contributed by atoms with Crippen molar-refractivity contribution < 1.29 is 5.11 Å². The van der Waals surface area contributed by atoms with E-state index in [0.29, 0.717) is 6.42 Å². The van der Waals surface area contributed by atoms with Gasteiger partial charge < -0.3 is 15.8 Å². The Morgan fingerprint density at radius 2 is 2.35 bits per heavy atom. The third-order valence-corrected chi connectivity index (χ3v) is 2.82. The van der Waals surface area contributed by atoms with Crippen LogP contribution in [0.3, 0.4) is 0 Å². The predicted octanol–water partition coefficient (Wildman–Crippen LogP) is 2.09. The summed E-state index contributed by atoms with van der Waals surface area (Å²) in [5.41, 5.74) is 8.55. The number of para-hydroxylation sites is 1. The zero-order valence-corrected chi connectivity index (χ0v) is 9.40. The quantitative estimate of drug-likeness (QED) is 0.554. The van der Waals surface area contributed by atoms with Crippen LogP contribution in [-0.4, -0.2) is 16.1 Å². The molecule has 0 radical (unpaired) electrons. The lowest BCUT2D eigenvalue weighted by Gasteiger charge is -2.08. The van der Waals surface area contributed by atoms with E-state index >= 15 is 0 Å². The Bertz CT molecular complexity index is 604. The topological polar surface area (TPSA) is 62.0 Å². The van der Waals surface area contributed by atoms with Crippen LogP contribution >= 0.6 is 0 Å². The van der Waals surface area contributed by atoms with Crippen molar-refractivity contribution in [3.63, 3.8) is 0 Å². The van der Waals surface area contributed by atoms with E-state index in [2.05, 4.69) is 17.5 Å². The average molecular weight is 226 g/mol. The molecule has 0 aliphatic heterocycles. The van der Waals surface area contributed by atoms with E-state index in [-0.39, 0.29) is 5.76 Å². The summed E-state index contributed by atoms with van der Waals surface area (Å²) in [5.74, 6) is 2.62. The van der Waals surface area contributed by atoms with Crippen LogP contribution in [0.1, 0.15) is 11.1 Å². The van der Waals surface area contributed by atoms with Gasteiger partial charge in [-0.15, -0.1) is 6.42 Å². The van der Waals surface area contributed by atoms with E-state index in [1.54, 1.807) is 0 Å². The molecule has 0 aliphatic carbocycles. The number of hydrogen-bond donors (Lipinski definition) is 3. The molecule has 1 aromatic heterocycles. The highest BCUT2D eigenvalue weighted by molar-refractivity contribution is 5.88. The standard InChI is InChI=1S/C14H14N2O/c1-3-10-5-4-6-12-11(8-16-14(10)12)7-13(15)9(2)17/h1,4-6,8,13,16-17H,2,7,15H2. The number of terminal acetylenes is 1. The molecule has 3 nitrogen and oxygen atoms in total. The number of aliphatic hydroxyl groups is 1. The molecule has 2 aromatic rings. The van der Waals surface area contributed by atoms with Gasteiger partial charge in [-0.25, -0.2) is 0 Å². The van der Waals surface area contributed by atoms with Crippen LogP contribution in [0.4, 0.5) is 0 Å². The molecule has 0 bridgehead atoms. The van der Waals surface area contributed by atoms with E-state index in [1.807, 2.05) is 24.4 Å². The number of rotatable bonds is 3. The Morgan fingerprint density at radius 1 is 1.59 bits per heavy atom. The minimum atomic E-state index is -0.455. The van der Waals surface area contributed by atoms with Gasteiger partial charge in [0.25, 0.3) is 0 Å². The van der Waals surface area contributed by atoms with Crippen LogP contribution in [0.25, 0.3) is 10.9 Å². The molecule has 0 amide bonds. The van der Waals surface area contributed by atoms with E-state index in [0.717, 1.165) is 22.0 Å². The second-order valence-corrected chi connectivity index (χ2v) is 3.99. The first-order valence-electron chi connectivity index (χ1n) is 5.32. The summed E-state index contributed by atoms with van der Waals surface area (Å²) in [6.45, 7) is 3.44. The van der Waals surface area contributed by atoms with E-state index in [9.17, 15) is 5.11 Å². The number of aromatic amines is 1. The number of nitrogens with two attached hydrogens (primary N) is 1. The number of hydrogen-bond acceptors (Lipinski definition) is 2. The van der Waals surface area contributed by atoms with Crippen molar-refractivity contribution in [2.75, 3.05) is 0 Å². The Labute approximate surface area is 100.0 Å². The van der Waals surface area contributed by atoms with Gasteiger partial charge in [-0.1, -0.05) is 24.6 Å². The van der Waals surface area contributed by atoms with Gasteiger partial charge in [0.05, 0.1) is 11.6 Å². The molecule has 1 atom stereocenters. The van der Waals surface area contributed by atoms with E-state index < -0.39 is 6.04 Å². The fourth-order valence-corrected chi connectivity index (χ4v) is 1.86. The number of aliphatic hydroxyl groups excluding tert-OH is 1. The first kappa shape index (κ1) is 11.3. The summed E-state index contributed by atoms with van der Waals surface area (Å²) in [6, 6.07) is 5.32. The van der Waals surface area contributed by atoms with Crippen LogP contribution < -0.4 is 5.73 Å². The molecule has 3 heteroatoms.